The standard InChI is InChI=1S/C9H14ClN3O/c1-12-3-2-11-9(12)13-4-5-14-8(6-10)7-13/h2-3,8H,4-7H2,1H3. The Balaban J connectivity index is 2.08. The van der Waals surface area contributed by atoms with Crippen molar-refractivity contribution in [1.29, 1.82) is 0 Å². The molecule has 1 aromatic rings. The second kappa shape index (κ2) is 4.19. The van der Waals surface area contributed by atoms with E-state index >= 15 is 0 Å². The quantitative estimate of drug-likeness (QED) is 0.686. The average Bonchev–Trinajstić information content (AvgIpc) is 2.65. The SMILES string of the molecule is Cn1ccnc1N1CCOC(CCl)C1. The third kappa shape index (κ3) is 1.86. The third-order valence-corrected chi connectivity index (χ3v) is 2.73. The largest absolute Gasteiger partial charge is 0.373 e. The van der Waals surface area contributed by atoms with Gasteiger partial charge in [0.2, 0.25) is 5.95 Å². The van der Waals surface area contributed by atoms with E-state index in [9.17, 15) is 0 Å². The molecule has 1 aromatic heterocycles. The molecule has 0 spiro atoms. The van der Waals surface area contributed by atoms with Crippen LogP contribution < -0.4 is 4.90 Å². The first kappa shape index (κ1) is 9.80. The number of nitrogens with zero attached hydrogens (tertiary/aromatic N) is 3. The number of ether oxygens (including phenoxy) is 1. The molecule has 1 aliphatic rings. The second-order valence-electron chi connectivity index (χ2n) is 3.43. The van der Waals surface area contributed by atoms with Crippen LogP contribution in [0.25, 0.3) is 0 Å². The third-order valence-electron chi connectivity index (χ3n) is 2.39. The van der Waals surface area contributed by atoms with Crippen LogP contribution in [0.1, 0.15) is 0 Å². The van der Waals surface area contributed by atoms with E-state index in [0.29, 0.717) is 5.88 Å². The molecule has 14 heavy (non-hydrogen) atoms. The number of aryl methyl sites for hydroxylation is 1. The van der Waals surface area contributed by atoms with Crippen molar-refractivity contribution >= 4 is 17.5 Å². The van der Waals surface area contributed by atoms with E-state index in [1.165, 1.54) is 0 Å². The second-order valence-corrected chi connectivity index (χ2v) is 3.74. The lowest BCUT2D eigenvalue weighted by atomic mass is 10.3. The highest BCUT2D eigenvalue weighted by atomic mass is 35.5. The summed E-state index contributed by atoms with van der Waals surface area (Å²) in [6.45, 7) is 2.44. The van der Waals surface area contributed by atoms with Crippen LogP contribution >= 0.6 is 11.6 Å². The van der Waals surface area contributed by atoms with Gasteiger partial charge in [0.05, 0.1) is 18.6 Å². The Kier molecular flexibility index (Phi) is 2.93. The predicted octanol–water partition coefficient (Wildman–Crippen LogP) is 0.864. The summed E-state index contributed by atoms with van der Waals surface area (Å²) < 4.78 is 7.50. The van der Waals surface area contributed by atoms with Gasteiger partial charge in [-0.15, -0.1) is 11.6 Å². The van der Waals surface area contributed by atoms with Crippen LogP contribution in [0.4, 0.5) is 5.95 Å². The number of halogens is 1. The van der Waals surface area contributed by atoms with Crippen molar-refractivity contribution in [3.8, 4) is 0 Å². The van der Waals surface area contributed by atoms with Crippen molar-refractivity contribution < 1.29 is 4.74 Å². The van der Waals surface area contributed by atoms with E-state index in [-0.39, 0.29) is 6.10 Å². The summed E-state index contributed by atoms with van der Waals surface area (Å²) in [7, 11) is 1.99. The molecule has 1 unspecified atom stereocenters. The topological polar surface area (TPSA) is 30.3 Å². The van der Waals surface area contributed by atoms with E-state index in [1.807, 2.05) is 17.8 Å². The zero-order valence-electron chi connectivity index (χ0n) is 8.19. The van der Waals surface area contributed by atoms with Gasteiger partial charge in [-0.25, -0.2) is 4.98 Å². The van der Waals surface area contributed by atoms with Gasteiger partial charge in [-0.3, -0.25) is 0 Å². The Morgan fingerprint density at radius 3 is 3.21 bits per heavy atom. The molecule has 1 atom stereocenters. The van der Waals surface area contributed by atoms with Crippen molar-refractivity contribution in [3.63, 3.8) is 0 Å². The molecule has 0 N–H and O–H groups in total. The van der Waals surface area contributed by atoms with Crippen molar-refractivity contribution in [3.05, 3.63) is 12.4 Å². The Bertz CT molecular complexity index is 302. The van der Waals surface area contributed by atoms with E-state index < -0.39 is 0 Å². The minimum Gasteiger partial charge on any atom is -0.373 e. The molecule has 1 saturated heterocycles. The maximum atomic E-state index is 5.77. The average molecular weight is 216 g/mol. The number of anilines is 1. The van der Waals surface area contributed by atoms with E-state index in [0.717, 1.165) is 25.6 Å². The first-order valence-corrected chi connectivity index (χ1v) is 5.24. The summed E-state index contributed by atoms with van der Waals surface area (Å²) in [6.07, 6.45) is 3.88. The lowest BCUT2D eigenvalue weighted by molar-refractivity contribution is 0.0547. The van der Waals surface area contributed by atoms with Crippen molar-refractivity contribution in [2.75, 3.05) is 30.5 Å². The summed E-state index contributed by atoms with van der Waals surface area (Å²) >= 11 is 5.77. The summed E-state index contributed by atoms with van der Waals surface area (Å²) in [5.41, 5.74) is 0. The number of rotatable bonds is 2. The molecule has 0 aliphatic carbocycles. The van der Waals surface area contributed by atoms with Gasteiger partial charge < -0.3 is 14.2 Å². The van der Waals surface area contributed by atoms with Crippen LogP contribution in [0.2, 0.25) is 0 Å². The maximum Gasteiger partial charge on any atom is 0.205 e. The first-order chi connectivity index (χ1) is 6.81. The lowest BCUT2D eigenvalue weighted by Crippen LogP contribution is -2.44. The first-order valence-electron chi connectivity index (χ1n) is 4.71. The number of morpholine rings is 1. The normalized spacial score (nSPS) is 22.7. The molecule has 5 heteroatoms. The van der Waals surface area contributed by atoms with Crippen molar-refractivity contribution in [1.82, 2.24) is 9.55 Å². The fourth-order valence-electron chi connectivity index (χ4n) is 1.66. The van der Waals surface area contributed by atoms with Crippen LogP contribution in [0.15, 0.2) is 12.4 Å². The lowest BCUT2D eigenvalue weighted by Gasteiger charge is -2.32. The molecular formula is C9H14ClN3O. The van der Waals surface area contributed by atoms with Crippen molar-refractivity contribution in [2.45, 2.75) is 6.10 Å². The number of alkyl halides is 1. The number of hydrogen-bond acceptors (Lipinski definition) is 3. The Morgan fingerprint density at radius 1 is 1.71 bits per heavy atom. The molecule has 2 heterocycles. The maximum absolute atomic E-state index is 5.77. The monoisotopic (exact) mass is 215 g/mol. The molecular weight excluding hydrogens is 202 g/mol. The molecule has 0 aromatic carbocycles. The van der Waals surface area contributed by atoms with Crippen molar-refractivity contribution in [2.24, 2.45) is 7.05 Å². The van der Waals surface area contributed by atoms with E-state index in [4.69, 9.17) is 16.3 Å². The molecule has 1 aliphatic heterocycles. The Labute approximate surface area is 88.4 Å². The van der Waals surface area contributed by atoms with Gasteiger partial charge in [0.15, 0.2) is 0 Å². The zero-order valence-corrected chi connectivity index (χ0v) is 8.94. The van der Waals surface area contributed by atoms with Gasteiger partial charge in [0.1, 0.15) is 0 Å². The van der Waals surface area contributed by atoms with Gasteiger partial charge in [0, 0.05) is 32.5 Å². The van der Waals surface area contributed by atoms with Gasteiger partial charge in [-0.1, -0.05) is 0 Å². The fraction of sp³-hybridized carbons (Fsp3) is 0.667. The highest BCUT2D eigenvalue weighted by Crippen LogP contribution is 2.14. The Hall–Kier alpha value is -0.740. The van der Waals surface area contributed by atoms with Crippen LogP contribution in [0.5, 0.6) is 0 Å². The fourth-order valence-corrected chi connectivity index (χ4v) is 1.84. The minimum absolute atomic E-state index is 0.127. The molecule has 0 amide bonds. The van der Waals surface area contributed by atoms with E-state index in [2.05, 4.69) is 9.88 Å². The van der Waals surface area contributed by atoms with Gasteiger partial charge >= 0.3 is 0 Å². The number of hydrogen-bond donors (Lipinski definition) is 0. The molecule has 0 radical (unpaired) electrons. The molecule has 2 rings (SSSR count). The van der Waals surface area contributed by atoms with Gasteiger partial charge in [0.25, 0.3) is 0 Å². The number of aromatic nitrogens is 2. The zero-order chi connectivity index (χ0) is 9.97. The molecule has 78 valence electrons. The molecule has 0 saturated carbocycles. The predicted molar refractivity (Wildman–Crippen MR) is 55.9 cm³/mol. The van der Waals surface area contributed by atoms with E-state index in [1.54, 1.807) is 6.20 Å². The molecule has 4 nitrogen and oxygen atoms in total. The highest BCUT2D eigenvalue weighted by molar-refractivity contribution is 6.18. The van der Waals surface area contributed by atoms with Crippen LogP contribution in [0, 0.1) is 0 Å². The Morgan fingerprint density at radius 2 is 2.57 bits per heavy atom. The highest BCUT2D eigenvalue weighted by Gasteiger charge is 2.21. The summed E-state index contributed by atoms with van der Waals surface area (Å²) in [4.78, 5) is 6.50. The minimum atomic E-state index is 0.127. The van der Waals surface area contributed by atoms with Crippen LogP contribution in [-0.2, 0) is 11.8 Å². The van der Waals surface area contributed by atoms with Crippen LogP contribution in [0.3, 0.4) is 0 Å². The van der Waals surface area contributed by atoms with Gasteiger partial charge in [-0.2, -0.15) is 0 Å². The summed E-state index contributed by atoms with van der Waals surface area (Å²) in [5.74, 6) is 1.53. The summed E-state index contributed by atoms with van der Waals surface area (Å²) in [6, 6.07) is 0. The smallest absolute Gasteiger partial charge is 0.205 e. The molecule has 1 fully saturated rings. The molecule has 0 bridgehead atoms. The summed E-state index contributed by atoms with van der Waals surface area (Å²) in [5, 5.41) is 0. The van der Waals surface area contributed by atoms with Crippen LogP contribution in [-0.4, -0.2) is 41.2 Å². The number of imidazole rings is 1. The van der Waals surface area contributed by atoms with Gasteiger partial charge in [-0.05, 0) is 0 Å².